The number of carbonyl (C=O) groups is 1. The van der Waals surface area contributed by atoms with Crippen molar-refractivity contribution in [1.29, 1.82) is 0 Å². The molecule has 0 saturated heterocycles. The Morgan fingerprint density at radius 2 is 2.05 bits per heavy atom. The van der Waals surface area contributed by atoms with Crippen LogP contribution in [0.25, 0.3) is 11.3 Å². The van der Waals surface area contributed by atoms with Gasteiger partial charge in [0, 0.05) is 14.9 Å². The fourth-order valence-corrected chi connectivity index (χ4v) is 2.99. The zero-order valence-corrected chi connectivity index (χ0v) is 13.5. The summed E-state index contributed by atoms with van der Waals surface area (Å²) in [6, 6.07) is 11.2. The summed E-state index contributed by atoms with van der Waals surface area (Å²) >= 11 is 4.85. The summed E-state index contributed by atoms with van der Waals surface area (Å²) in [6.45, 7) is 1.98. The van der Waals surface area contributed by atoms with E-state index in [9.17, 15) is 4.79 Å². The van der Waals surface area contributed by atoms with Crippen LogP contribution in [0.2, 0.25) is 0 Å². The van der Waals surface area contributed by atoms with Gasteiger partial charge in [0.25, 0.3) is 5.91 Å². The first-order chi connectivity index (χ1) is 10.1. The maximum atomic E-state index is 11.9. The second-order valence-electron chi connectivity index (χ2n) is 4.36. The largest absolute Gasteiger partial charge is 0.459 e. The second-order valence-corrected chi connectivity index (χ2v) is 6.48. The summed E-state index contributed by atoms with van der Waals surface area (Å²) in [5.74, 6) is -0.0239. The van der Waals surface area contributed by atoms with Gasteiger partial charge in [-0.15, -0.1) is 11.3 Å². The molecule has 0 aliphatic carbocycles. The van der Waals surface area contributed by atoms with E-state index in [1.165, 1.54) is 17.6 Å². The predicted molar refractivity (Wildman–Crippen MR) is 86.6 cm³/mol. The van der Waals surface area contributed by atoms with Crippen LogP contribution in [0.5, 0.6) is 0 Å². The Hall–Kier alpha value is -1.92. The molecule has 21 heavy (non-hydrogen) atoms. The number of thiazole rings is 1. The van der Waals surface area contributed by atoms with Crippen LogP contribution in [-0.4, -0.2) is 10.9 Å². The minimum atomic E-state index is -0.295. The number of nitrogens with one attached hydrogen (secondary N) is 1. The van der Waals surface area contributed by atoms with Crippen molar-refractivity contribution in [2.75, 3.05) is 5.32 Å². The Morgan fingerprint density at radius 1 is 1.29 bits per heavy atom. The Kier molecular flexibility index (Phi) is 3.90. The van der Waals surface area contributed by atoms with Gasteiger partial charge in [-0.25, -0.2) is 4.98 Å². The van der Waals surface area contributed by atoms with Gasteiger partial charge in [-0.3, -0.25) is 10.1 Å². The number of hydrogen-bond donors (Lipinski definition) is 1. The Balaban J connectivity index is 1.84. The number of rotatable bonds is 3. The molecule has 0 aliphatic rings. The van der Waals surface area contributed by atoms with E-state index in [1.807, 2.05) is 31.2 Å². The lowest BCUT2D eigenvalue weighted by atomic mass is 10.1. The molecule has 1 amide bonds. The monoisotopic (exact) mass is 362 g/mol. The number of aryl methyl sites for hydroxylation is 1. The third-order valence-electron chi connectivity index (χ3n) is 2.88. The molecule has 2 heterocycles. The molecule has 0 radical (unpaired) electrons. The molecule has 6 heteroatoms. The molecule has 0 saturated carbocycles. The van der Waals surface area contributed by atoms with Crippen molar-refractivity contribution >= 4 is 38.3 Å². The van der Waals surface area contributed by atoms with Crippen molar-refractivity contribution < 1.29 is 9.21 Å². The maximum Gasteiger partial charge on any atom is 0.293 e. The van der Waals surface area contributed by atoms with Gasteiger partial charge in [-0.05, 0) is 31.2 Å². The van der Waals surface area contributed by atoms with E-state index < -0.39 is 0 Å². The Labute approximate surface area is 134 Å². The van der Waals surface area contributed by atoms with Crippen molar-refractivity contribution in [2.45, 2.75) is 6.92 Å². The van der Waals surface area contributed by atoms with Gasteiger partial charge >= 0.3 is 0 Å². The number of benzene rings is 1. The number of furan rings is 1. The molecular weight excluding hydrogens is 352 g/mol. The lowest BCUT2D eigenvalue weighted by Gasteiger charge is -1.99. The molecule has 0 aliphatic heterocycles. The molecular formula is C15H11BrN2O2S. The molecule has 0 atom stereocenters. The Bertz CT molecular complexity index is 764. The average Bonchev–Trinajstić information content (AvgIpc) is 3.10. The number of carbonyl (C=O) groups excluding carboxylic acids is 1. The van der Waals surface area contributed by atoms with Crippen LogP contribution in [0.1, 0.15) is 15.4 Å². The molecule has 3 aromatic rings. The third kappa shape index (κ3) is 3.06. The third-order valence-corrected chi connectivity index (χ3v) is 4.29. The van der Waals surface area contributed by atoms with Crippen molar-refractivity contribution in [3.8, 4) is 11.3 Å². The molecule has 2 aromatic heterocycles. The van der Waals surface area contributed by atoms with E-state index in [1.54, 1.807) is 12.1 Å². The highest BCUT2D eigenvalue weighted by atomic mass is 79.9. The first kappa shape index (κ1) is 14.0. The standard InChI is InChI=1S/C15H11BrN2O2S/c1-9-13(10-4-6-11(16)7-5-10)17-15(21-9)18-14(19)12-3-2-8-20-12/h2-8H,1H3,(H,17,18,19). The van der Waals surface area contributed by atoms with Crippen LogP contribution in [0.4, 0.5) is 5.13 Å². The zero-order chi connectivity index (χ0) is 14.8. The molecule has 1 N–H and O–H groups in total. The van der Waals surface area contributed by atoms with Gasteiger partial charge in [0.05, 0.1) is 12.0 Å². The number of halogens is 1. The maximum absolute atomic E-state index is 11.9. The fourth-order valence-electron chi connectivity index (χ4n) is 1.89. The van der Waals surface area contributed by atoms with E-state index in [2.05, 4.69) is 26.2 Å². The molecule has 0 bridgehead atoms. The molecule has 3 rings (SSSR count). The lowest BCUT2D eigenvalue weighted by Crippen LogP contribution is -2.10. The number of hydrogen-bond acceptors (Lipinski definition) is 4. The first-order valence-electron chi connectivity index (χ1n) is 6.22. The van der Waals surface area contributed by atoms with Crippen molar-refractivity contribution in [1.82, 2.24) is 4.98 Å². The smallest absolute Gasteiger partial charge is 0.293 e. The van der Waals surface area contributed by atoms with Crippen molar-refractivity contribution in [2.24, 2.45) is 0 Å². The van der Waals surface area contributed by atoms with Gasteiger partial charge in [-0.2, -0.15) is 0 Å². The number of amides is 1. The topological polar surface area (TPSA) is 55.1 Å². The predicted octanol–water partition coefficient (Wildman–Crippen LogP) is 4.73. The highest BCUT2D eigenvalue weighted by Gasteiger charge is 2.14. The van der Waals surface area contributed by atoms with Crippen LogP contribution < -0.4 is 5.32 Å². The second kappa shape index (κ2) is 5.83. The lowest BCUT2D eigenvalue weighted by molar-refractivity contribution is 0.0996. The van der Waals surface area contributed by atoms with Crippen LogP contribution in [-0.2, 0) is 0 Å². The molecule has 0 fully saturated rings. The number of nitrogens with zero attached hydrogens (tertiary/aromatic N) is 1. The fraction of sp³-hybridized carbons (Fsp3) is 0.0667. The van der Waals surface area contributed by atoms with Gasteiger partial charge < -0.3 is 4.42 Å². The van der Waals surface area contributed by atoms with E-state index >= 15 is 0 Å². The summed E-state index contributed by atoms with van der Waals surface area (Å²) in [5.41, 5.74) is 1.90. The van der Waals surface area contributed by atoms with Crippen molar-refractivity contribution in [3.05, 3.63) is 57.8 Å². The van der Waals surface area contributed by atoms with Crippen LogP contribution in [0.15, 0.2) is 51.6 Å². The summed E-state index contributed by atoms with van der Waals surface area (Å²) < 4.78 is 6.08. The quantitative estimate of drug-likeness (QED) is 0.732. The first-order valence-corrected chi connectivity index (χ1v) is 7.82. The van der Waals surface area contributed by atoms with E-state index in [0.29, 0.717) is 5.13 Å². The summed E-state index contributed by atoms with van der Waals surface area (Å²) in [6.07, 6.45) is 1.47. The molecule has 0 unspecified atom stereocenters. The number of aromatic nitrogens is 1. The van der Waals surface area contributed by atoms with E-state index in [-0.39, 0.29) is 11.7 Å². The average molecular weight is 363 g/mol. The summed E-state index contributed by atoms with van der Waals surface area (Å²) in [7, 11) is 0. The summed E-state index contributed by atoms with van der Waals surface area (Å²) in [4.78, 5) is 17.5. The van der Waals surface area contributed by atoms with Crippen LogP contribution >= 0.6 is 27.3 Å². The molecule has 4 nitrogen and oxygen atoms in total. The van der Waals surface area contributed by atoms with Gasteiger partial charge in [-0.1, -0.05) is 28.1 Å². The van der Waals surface area contributed by atoms with E-state index in [0.717, 1.165) is 20.6 Å². The molecule has 1 aromatic carbocycles. The minimum absolute atomic E-state index is 0.271. The van der Waals surface area contributed by atoms with Crippen molar-refractivity contribution in [3.63, 3.8) is 0 Å². The van der Waals surface area contributed by atoms with Crippen LogP contribution in [0.3, 0.4) is 0 Å². The summed E-state index contributed by atoms with van der Waals surface area (Å²) in [5, 5.41) is 3.31. The highest BCUT2D eigenvalue weighted by molar-refractivity contribution is 9.10. The van der Waals surface area contributed by atoms with E-state index in [4.69, 9.17) is 4.42 Å². The normalized spacial score (nSPS) is 10.6. The van der Waals surface area contributed by atoms with Gasteiger partial charge in [0.2, 0.25) is 0 Å². The SMILES string of the molecule is Cc1sc(NC(=O)c2ccco2)nc1-c1ccc(Br)cc1. The van der Waals surface area contributed by atoms with Crippen LogP contribution in [0, 0.1) is 6.92 Å². The Morgan fingerprint density at radius 3 is 2.71 bits per heavy atom. The highest BCUT2D eigenvalue weighted by Crippen LogP contribution is 2.31. The molecule has 106 valence electrons. The minimum Gasteiger partial charge on any atom is -0.459 e. The van der Waals surface area contributed by atoms with Gasteiger partial charge in [0.1, 0.15) is 0 Å². The number of anilines is 1. The molecule has 0 spiro atoms. The zero-order valence-electron chi connectivity index (χ0n) is 11.1. The van der Waals surface area contributed by atoms with Gasteiger partial charge in [0.15, 0.2) is 10.9 Å².